The van der Waals surface area contributed by atoms with Crippen molar-refractivity contribution in [3.63, 3.8) is 0 Å². The molecule has 1 saturated heterocycles. The first kappa shape index (κ1) is 19.5. The van der Waals surface area contributed by atoms with Crippen molar-refractivity contribution in [2.24, 2.45) is 0 Å². The lowest BCUT2D eigenvalue weighted by molar-refractivity contribution is 0.174. The first-order chi connectivity index (χ1) is 13.4. The Morgan fingerprint density at radius 2 is 2.00 bits per heavy atom. The van der Waals surface area contributed by atoms with Crippen molar-refractivity contribution < 1.29 is 9.47 Å². The second kappa shape index (κ2) is 7.87. The van der Waals surface area contributed by atoms with E-state index in [9.17, 15) is 0 Å². The van der Waals surface area contributed by atoms with Crippen molar-refractivity contribution in [3.05, 3.63) is 39.8 Å². The van der Waals surface area contributed by atoms with Crippen LogP contribution in [0.1, 0.15) is 55.8 Å². The van der Waals surface area contributed by atoms with Gasteiger partial charge in [-0.25, -0.2) is 4.98 Å². The van der Waals surface area contributed by atoms with Crippen LogP contribution in [0.25, 0.3) is 0 Å². The zero-order valence-corrected chi connectivity index (χ0v) is 18.3. The molecule has 3 heterocycles. The first-order valence-electron chi connectivity index (χ1n) is 9.77. The van der Waals surface area contributed by atoms with Gasteiger partial charge in [-0.05, 0) is 42.8 Å². The van der Waals surface area contributed by atoms with Crippen LogP contribution in [0.2, 0.25) is 0 Å². The van der Waals surface area contributed by atoms with E-state index in [1.165, 1.54) is 10.7 Å². The number of fused-ring (bicyclic) bond motifs is 1. The first-order valence-corrected chi connectivity index (χ1v) is 11.1. The molecule has 0 unspecified atom stereocenters. The van der Waals surface area contributed by atoms with Crippen LogP contribution < -0.4 is 14.8 Å². The van der Waals surface area contributed by atoms with Gasteiger partial charge in [-0.1, -0.05) is 26.8 Å². The normalized spacial score (nSPS) is 17.0. The molecule has 0 aliphatic carbocycles. The summed E-state index contributed by atoms with van der Waals surface area (Å²) in [5, 5.41) is 7.71. The number of hydrogen-bond acceptors (Lipinski definition) is 5. The van der Waals surface area contributed by atoms with E-state index >= 15 is 0 Å². The largest absolute Gasteiger partial charge is 0.454 e. The number of piperidine rings is 1. The van der Waals surface area contributed by atoms with Gasteiger partial charge >= 0.3 is 0 Å². The van der Waals surface area contributed by atoms with Gasteiger partial charge in [0, 0.05) is 36.3 Å². The van der Waals surface area contributed by atoms with Gasteiger partial charge < -0.3 is 19.7 Å². The number of nitrogens with zero attached hydrogens (tertiary/aromatic N) is 2. The summed E-state index contributed by atoms with van der Waals surface area (Å²) in [4.78, 5) is 7.18. The summed E-state index contributed by atoms with van der Waals surface area (Å²) in [5.41, 5.74) is 2.46. The molecule has 0 amide bonds. The number of ether oxygens (including phenoxy) is 2. The molecule has 0 bridgehead atoms. The van der Waals surface area contributed by atoms with Gasteiger partial charge in [0.25, 0.3) is 0 Å². The summed E-state index contributed by atoms with van der Waals surface area (Å²) >= 11 is 7.44. The van der Waals surface area contributed by atoms with Crippen LogP contribution in [0.15, 0.2) is 23.6 Å². The van der Waals surface area contributed by atoms with Crippen LogP contribution in [0.3, 0.4) is 0 Å². The molecule has 150 valence electrons. The lowest BCUT2D eigenvalue weighted by Gasteiger charge is -2.33. The smallest absolute Gasteiger partial charge is 0.231 e. The van der Waals surface area contributed by atoms with Crippen molar-refractivity contribution in [1.29, 1.82) is 0 Å². The third-order valence-corrected chi connectivity index (χ3v) is 6.71. The SMILES string of the molecule is CC(C)(C)c1csc(C2CCN(C(=S)NCc3ccc4c(c3)OCO4)CC2)n1. The zero-order valence-electron chi connectivity index (χ0n) is 16.7. The van der Waals surface area contributed by atoms with Gasteiger partial charge in [0.1, 0.15) is 0 Å². The Kier molecular flexibility index (Phi) is 5.47. The summed E-state index contributed by atoms with van der Waals surface area (Å²) in [5.74, 6) is 2.17. The highest BCUT2D eigenvalue weighted by Crippen LogP contribution is 2.34. The molecule has 2 aliphatic heterocycles. The van der Waals surface area contributed by atoms with E-state index in [1.54, 1.807) is 0 Å². The molecule has 1 aromatic heterocycles. The van der Waals surface area contributed by atoms with Gasteiger partial charge in [-0.2, -0.15) is 0 Å². The molecular weight excluding hydrogens is 390 g/mol. The van der Waals surface area contributed by atoms with E-state index in [4.69, 9.17) is 26.7 Å². The number of aromatic nitrogens is 1. The Hall–Kier alpha value is -1.86. The van der Waals surface area contributed by atoms with Crippen LogP contribution in [0.5, 0.6) is 11.5 Å². The monoisotopic (exact) mass is 417 g/mol. The zero-order chi connectivity index (χ0) is 19.7. The number of thiazole rings is 1. The van der Waals surface area contributed by atoms with Crippen LogP contribution >= 0.6 is 23.6 Å². The summed E-state index contributed by atoms with van der Waals surface area (Å²) in [7, 11) is 0. The minimum atomic E-state index is 0.121. The van der Waals surface area contributed by atoms with Gasteiger partial charge in [-0.15, -0.1) is 11.3 Å². The molecule has 0 spiro atoms. The minimum Gasteiger partial charge on any atom is -0.454 e. The fourth-order valence-corrected chi connectivity index (χ4v) is 4.96. The Labute approximate surface area is 176 Å². The van der Waals surface area contributed by atoms with Crippen molar-refractivity contribution in [1.82, 2.24) is 15.2 Å². The van der Waals surface area contributed by atoms with Crippen LogP contribution in [0.4, 0.5) is 0 Å². The molecule has 2 aromatic rings. The molecule has 1 N–H and O–H groups in total. The lowest BCUT2D eigenvalue weighted by atomic mass is 9.93. The number of hydrogen-bond donors (Lipinski definition) is 1. The molecule has 2 aliphatic rings. The van der Waals surface area contributed by atoms with Gasteiger partial charge in [0.2, 0.25) is 6.79 Å². The highest BCUT2D eigenvalue weighted by Gasteiger charge is 2.26. The molecule has 1 fully saturated rings. The number of likely N-dealkylation sites (tertiary alicyclic amines) is 1. The molecule has 5 nitrogen and oxygen atoms in total. The molecule has 0 saturated carbocycles. The standard InChI is InChI=1S/C21H27N3O2S2/c1-21(2,3)18-12-28-19(23-18)15-6-8-24(9-7-15)20(27)22-11-14-4-5-16-17(10-14)26-13-25-16/h4-5,10,12,15H,6-9,11,13H2,1-3H3,(H,22,27). The summed E-state index contributed by atoms with van der Waals surface area (Å²) in [6.45, 7) is 9.60. The Morgan fingerprint density at radius 3 is 2.71 bits per heavy atom. The third kappa shape index (κ3) is 4.25. The van der Waals surface area contributed by atoms with Crippen molar-refractivity contribution in [2.45, 2.75) is 51.5 Å². The van der Waals surface area contributed by atoms with E-state index in [0.717, 1.165) is 48.1 Å². The fourth-order valence-electron chi connectivity index (χ4n) is 3.49. The molecule has 0 radical (unpaired) electrons. The Bertz CT molecular complexity index is 852. The van der Waals surface area contributed by atoms with Gasteiger partial charge in [0.15, 0.2) is 16.6 Å². The Balaban J connectivity index is 1.27. The highest BCUT2D eigenvalue weighted by molar-refractivity contribution is 7.80. The van der Waals surface area contributed by atoms with Crippen molar-refractivity contribution in [2.75, 3.05) is 19.9 Å². The fraction of sp³-hybridized carbons (Fsp3) is 0.524. The summed E-state index contributed by atoms with van der Waals surface area (Å²) < 4.78 is 10.8. The van der Waals surface area contributed by atoms with Crippen molar-refractivity contribution in [3.8, 4) is 11.5 Å². The van der Waals surface area contributed by atoms with E-state index < -0.39 is 0 Å². The minimum absolute atomic E-state index is 0.121. The molecule has 0 atom stereocenters. The predicted octanol–water partition coefficient (Wildman–Crippen LogP) is 4.42. The summed E-state index contributed by atoms with van der Waals surface area (Å²) in [6.07, 6.45) is 2.20. The van der Waals surface area contributed by atoms with Gasteiger partial charge in [-0.3, -0.25) is 0 Å². The van der Waals surface area contributed by atoms with Crippen LogP contribution in [0, 0.1) is 0 Å². The average Bonchev–Trinajstić information content (AvgIpc) is 3.35. The molecule has 1 aromatic carbocycles. The number of thiocarbonyl (C=S) groups is 1. The number of rotatable bonds is 3. The average molecular weight is 418 g/mol. The number of benzene rings is 1. The second-order valence-corrected chi connectivity index (χ2v) is 9.71. The van der Waals surface area contributed by atoms with Crippen LogP contribution in [-0.2, 0) is 12.0 Å². The van der Waals surface area contributed by atoms with Crippen molar-refractivity contribution >= 4 is 28.7 Å². The van der Waals surface area contributed by atoms with E-state index in [2.05, 4.69) is 36.4 Å². The van der Waals surface area contributed by atoms with E-state index in [-0.39, 0.29) is 5.41 Å². The molecule has 4 rings (SSSR count). The topological polar surface area (TPSA) is 46.6 Å². The summed E-state index contributed by atoms with van der Waals surface area (Å²) in [6, 6.07) is 6.01. The Morgan fingerprint density at radius 1 is 1.25 bits per heavy atom. The predicted molar refractivity (Wildman–Crippen MR) is 116 cm³/mol. The van der Waals surface area contributed by atoms with E-state index in [0.29, 0.717) is 19.3 Å². The quantitative estimate of drug-likeness (QED) is 0.746. The van der Waals surface area contributed by atoms with Gasteiger partial charge in [0.05, 0.1) is 10.7 Å². The lowest BCUT2D eigenvalue weighted by Crippen LogP contribution is -2.43. The highest BCUT2D eigenvalue weighted by atomic mass is 32.1. The van der Waals surface area contributed by atoms with E-state index in [1.807, 2.05) is 29.5 Å². The maximum Gasteiger partial charge on any atom is 0.231 e. The molecule has 28 heavy (non-hydrogen) atoms. The second-order valence-electron chi connectivity index (χ2n) is 8.43. The molecular formula is C21H27N3O2S2. The molecule has 7 heteroatoms. The maximum atomic E-state index is 5.63. The third-order valence-electron chi connectivity index (χ3n) is 5.30. The van der Waals surface area contributed by atoms with Crippen LogP contribution in [-0.4, -0.2) is 34.9 Å². The number of nitrogens with one attached hydrogen (secondary N) is 1. The maximum absolute atomic E-state index is 5.63.